The van der Waals surface area contributed by atoms with Gasteiger partial charge in [0.2, 0.25) is 0 Å². The topological polar surface area (TPSA) is 55.1 Å². The maximum Gasteiger partial charge on any atom is 0.335 e. The second kappa shape index (κ2) is 5.61. The molecule has 21 heavy (non-hydrogen) atoms. The van der Waals surface area contributed by atoms with Gasteiger partial charge in [-0.2, -0.15) is 0 Å². The molecule has 3 aromatic rings. The SMILES string of the molecule is Cc1nc2ccc(C(=O)O)cc2n1CCc1ccc(Br)s1. The summed E-state index contributed by atoms with van der Waals surface area (Å²) in [4.78, 5) is 16.9. The van der Waals surface area contributed by atoms with Crippen molar-refractivity contribution in [2.24, 2.45) is 0 Å². The van der Waals surface area contributed by atoms with Gasteiger partial charge in [0.05, 0.1) is 20.4 Å². The van der Waals surface area contributed by atoms with E-state index < -0.39 is 5.97 Å². The van der Waals surface area contributed by atoms with E-state index in [0.29, 0.717) is 5.56 Å². The highest BCUT2D eigenvalue weighted by Gasteiger charge is 2.11. The molecule has 3 rings (SSSR count). The summed E-state index contributed by atoms with van der Waals surface area (Å²) in [6, 6.07) is 9.21. The number of halogens is 1. The highest BCUT2D eigenvalue weighted by molar-refractivity contribution is 9.11. The smallest absolute Gasteiger partial charge is 0.335 e. The normalized spacial score (nSPS) is 11.1. The van der Waals surface area contributed by atoms with Crippen LogP contribution in [0.1, 0.15) is 21.1 Å². The van der Waals surface area contributed by atoms with Gasteiger partial charge in [-0.25, -0.2) is 9.78 Å². The summed E-state index contributed by atoms with van der Waals surface area (Å²) in [5.41, 5.74) is 2.01. The van der Waals surface area contributed by atoms with Gasteiger partial charge in [-0.1, -0.05) is 0 Å². The number of nitrogens with zero attached hydrogens (tertiary/aromatic N) is 2. The number of imidazole rings is 1. The fraction of sp³-hybridized carbons (Fsp3) is 0.200. The molecule has 0 aliphatic rings. The molecule has 0 bridgehead atoms. The Morgan fingerprint density at radius 2 is 2.19 bits per heavy atom. The number of aromatic nitrogens is 2. The average Bonchev–Trinajstić information content (AvgIpc) is 2.98. The van der Waals surface area contributed by atoms with Crippen molar-refractivity contribution < 1.29 is 9.90 Å². The van der Waals surface area contributed by atoms with Crippen molar-refractivity contribution in [3.63, 3.8) is 0 Å². The standard InChI is InChI=1S/C15H13BrN2O2S/c1-9-17-12-4-2-10(15(19)20)8-13(12)18(9)7-6-11-3-5-14(16)21-11/h2-5,8H,6-7H2,1H3,(H,19,20). The second-order valence-corrected chi connectivity index (χ2v) is 7.32. The van der Waals surface area contributed by atoms with Crippen molar-refractivity contribution in [3.05, 3.63) is 50.4 Å². The zero-order valence-corrected chi connectivity index (χ0v) is 13.7. The van der Waals surface area contributed by atoms with Crippen LogP contribution in [0.25, 0.3) is 11.0 Å². The van der Waals surface area contributed by atoms with E-state index in [1.54, 1.807) is 29.5 Å². The number of aryl methyl sites for hydroxylation is 3. The molecule has 0 radical (unpaired) electrons. The molecule has 108 valence electrons. The third-order valence-electron chi connectivity index (χ3n) is 3.40. The lowest BCUT2D eigenvalue weighted by Crippen LogP contribution is -2.03. The van der Waals surface area contributed by atoms with Gasteiger partial charge in [0.15, 0.2) is 0 Å². The summed E-state index contributed by atoms with van der Waals surface area (Å²) in [7, 11) is 0. The van der Waals surface area contributed by atoms with Gasteiger partial charge in [0.25, 0.3) is 0 Å². The van der Waals surface area contributed by atoms with Gasteiger partial charge in [0, 0.05) is 11.4 Å². The Morgan fingerprint density at radius 1 is 1.38 bits per heavy atom. The lowest BCUT2D eigenvalue weighted by Gasteiger charge is -2.06. The molecular weight excluding hydrogens is 352 g/mol. The highest BCUT2D eigenvalue weighted by atomic mass is 79.9. The summed E-state index contributed by atoms with van der Waals surface area (Å²) < 4.78 is 3.20. The van der Waals surface area contributed by atoms with Crippen molar-refractivity contribution >= 4 is 44.3 Å². The van der Waals surface area contributed by atoms with E-state index in [4.69, 9.17) is 5.11 Å². The Hall–Kier alpha value is -1.66. The number of fused-ring (bicyclic) bond motifs is 1. The first-order chi connectivity index (χ1) is 10.0. The molecule has 0 amide bonds. The van der Waals surface area contributed by atoms with Gasteiger partial charge in [0.1, 0.15) is 5.82 Å². The van der Waals surface area contributed by atoms with Crippen LogP contribution in [0.2, 0.25) is 0 Å². The Balaban J connectivity index is 1.94. The number of carboxylic acids is 1. The van der Waals surface area contributed by atoms with Gasteiger partial charge < -0.3 is 9.67 Å². The summed E-state index contributed by atoms with van der Waals surface area (Å²) in [6.07, 6.45) is 0.903. The first-order valence-electron chi connectivity index (χ1n) is 6.49. The number of rotatable bonds is 4. The lowest BCUT2D eigenvalue weighted by molar-refractivity contribution is 0.0697. The van der Waals surface area contributed by atoms with Crippen LogP contribution in [0.3, 0.4) is 0 Å². The molecule has 6 heteroatoms. The van der Waals surface area contributed by atoms with Gasteiger partial charge in [-0.05, 0) is 59.6 Å². The van der Waals surface area contributed by atoms with Crippen LogP contribution in [0.4, 0.5) is 0 Å². The lowest BCUT2D eigenvalue weighted by atomic mass is 10.2. The monoisotopic (exact) mass is 364 g/mol. The quantitative estimate of drug-likeness (QED) is 0.757. The number of thiophene rings is 1. The molecule has 0 aliphatic carbocycles. The van der Waals surface area contributed by atoms with E-state index in [2.05, 4.69) is 31.5 Å². The molecular formula is C15H13BrN2O2S. The van der Waals surface area contributed by atoms with Crippen LogP contribution in [-0.2, 0) is 13.0 Å². The Morgan fingerprint density at radius 3 is 2.86 bits per heavy atom. The van der Waals surface area contributed by atoms with E-state index in [9.17, 15) is 4.79 Å². The number of benzene rings is 1. The van der Waals surface area contributed by atoms with E-state index in [1.165, 1.54) is 4.88 Å². The van der Waals surface area contributed by atoms with Crippen LogP contribution in [0, 0.1) is 6.92 Å². The molecule has 1 N–H and O–H groups in total. The number of hydrogen-bond donors (Lipinski definition) is 1. The third-order valence-corrected chi connectivity index (χ3v) is 5.08. The molecule has 0 fully saturated rings. The fourth-order valence-corrected chi connectivity index (χ4v) is 3.84. The number of aromatic carboxylic acids is 1. The summed E-state index contributed by atoms with van der Waals surface area (Å²) >= 11 is 5.18. The van der Waals surface area contributed by atoms with Crippen LogP contribution >= 0.6 is 27.3 Å². The molecule has 0 spiro atoms. The number of carboxylic acid groups (broad SMARTS) is 1. The predicted molar refractivity (Wildman–Crippen MR) is 87.2 cm³/mol. The van der Waals surface area contributed by atoms with Crippen LogP contribution in [-0.4, -0.2) is 20.6 Å². The Labute approximate surface area is 134 Å². The molecule has 0 unspecified atom stereocenters. The molecule has 1 aromatic carbocycles. The minimum atomic E-state index is -0.913. The largest absolute Gasteiger partial charge is 0.478 e. The van der Waals surface area contributed by atoms with E-state index in [1.807, 2.05) is 13.0 Å². The van der Waals surface area contributed by atoms with Gasteiger partial charge in [-0.15, -0.1) is 11.3 Å². The van der Waals surface area contributed by atoms with E-state index >= 15 is 0 Å². The zero-order valence-electron chi connectivity index (χ0n) is 11.3. The molecule has 0 saturated heterocycles. The van der Waals surface area contributed by atoms with Gasteiger partial charge >= 0.3 is 5.97 Å². The van der Waals surface area contributed by atoms with Crippen molar-refractivity contribution in [2.75, 3.05) is 0 Å². The van der Waals surface area contributed by atoms with Crippen molar-refractivity contribution in [1.29, 1.82) is 0 Å². The van der Waals surface area contributed by atoms with Crippen LogP contribution < -0.4 is 0 Å². The first-order valence-corrected chi connectivity index (χ1v) is 8.10. The summed E-state index contributed by atoms with van der Waals surface area (Å²) in [6.45, 7) is 2.74. The Bertz CT molecular complexity index is 822. The zero-order chi connectivity index (χ0) is 15.0. The predicted octanol–water partition coefficient (Wildman–Crippen LogP) is 4.11. The Kier molecular flexibility index (Phi) is 3.82. The van der Waals surface area contributed by atoms with Crippen molar-refractivity contribution in [1.82, 2.24) is 9.55 Å². The average molecular weight is 365 g/mol. The van der Waals surface area contributed by atoms with Crippen LogP contribution in [0.15, 0.2) is 34.1 Å². The highest BCUT2D eigenvalue weighted by Crippen LogP contribution is 2.24. The number of hydrogen-bond acceptors (Lipinski definition) is 3. The first kappa shape index (κ1) is 14.3. The molecule has 0 aliphatic heterocycles. The maximum atomic E-state index is 11.1. The van der Waals surface area contributed by atoms with Crippen LogP contribution in [0.5, 0.6) is 0 Å². The van der Waals surface area contributed by atoms with Crippen molar-refractivity contribution in [2.45, 2.75) is 19.9 Å². The minimum Gasteiger partial charge on any atom is -0.478 e. The minimum absolute atomic E-state index is 0.294. The maximum absolute atomic E-state index is 11.1. The van der Waals surface area contributed by atoms with Gasteiger partial charge in [-0.3, -0.25) is 0 Å². The fourth-order valence-electron chi connectivity index (χ4n) is 2.37. The van der Waals surface area contributed by atoms with Crippen molar-refractivity contribution in [3.8, 4) is 0 Å². The molecule has 2 heterocycles. The molecule has 2 aromatic heterocycles. The summed E-state index contributed by atoms with van der Waals surface area (Å²) in [5.74, 6) is -0.00680. The second-order valence-electron chi connectivity index (χ2n) is 4.78. The van der Waals surface area contributed by atoms with E-state index in [-0.39, 0.29) is 0 Å². The molecule has 0 saturated carbocycles. The number of carbonyl (C=O) groups is 1. The summed E-state index contributed by atoms with van der Waals surface area (Å²) in [5, 5.41) is 9.12. The molecule has 4 nitrogen and oxygen atoms in total. The van der Waals surface area contributed by atoms with E-state index in [0.717, 1.165) is 33.6 Å². The third kappa shape index (κ3) is 2.87. The molecule has 0 atom stereocenters.